The number of nitrogens with zero attached hydrogens (tertiary/aromatic N) is 2. The third kappa shape index (κ3) is 2.22. The van der Waals surface area contributed by atoms with Gasteiger partial charge < -0.3 is 15.7 Å². The van der Waals surface area contributed by atoms with Gasteiger partial charge in [-0.15, -0.1) is 0 Å². The Kier molecular flexibility index (Phi) is 2.99. The Morgan fingerprint density at radius 3 is 3.22 bits per heavy atom. The van der Waals surface area contributed by atoms with Crippen LogP contribution in [0.3, 0.4) is 0 Å². The van der Waals surface area contributed by atoms with Gasteiger partial charge in [0.05, 0.1) is 5.60 Å². The standard InChI is InChI=1S/C14H21N3O/c15-13-11(3-1-6-16-13)9-14(18)5-8-17-7-2-4-12(17)10-14/h1,3,6,12,18H,2,4-5,7-10H2,(H2,15,16). The second-order valence-electron chi connectivity index (χ2n) is 5.74. The molecule has 4 nitrogen and oxygen atoms in total. The fourth-order valence-electron chi connectivity index (χ4n) is 3.43. The largest absolute Gasteiger partial charge is 0.389 e. The zero-order chi connectivity index (χ0) is 12.6. The van der Waals surface area contributed by atoms with Crippen LogP contribution in [0.4, 0.5) is 5.82 Å². The molecule has 0 radical (unpaired) electrons. The lowest BCUT2D eigenvalue weighted by Gasteiger charge is -2.41. The molecule has 0 aliphatic carbocycles. The molecule has 2 aliphatic rings. The molecule has 2 aliphatic heterocycles. The van der Waals surface area contributed by atoms with Gasteiger partial charge in [-0.25, -0.2) is 4.98 Å². The highest BCUT2D eigenvalue weighted by atomic mass is 16.3. The van der Waals surface area contributed by atoms with Gasteiger partial charge in [-0.3, -0.25) is 0 Å². The Bertz CT molecular complexity index is 437. The van der Waals surface area contributed by atoms with Crippen molar-refractivity contribution in [3.05, 3.63) is 23.9 Å². The number of nitrogen functional groups attached to an aromatic ring is 1. The van der Waals surface area contributed by atoms with Crippen molar-refractivity contribution in [2.45, 2.75) is 43.7 Å². The number of hydrogen-bond acceptors (Lipinski definition) is 4. The summed E-state index contributed by atoms with van der Waals surface area (Å²) in [5.41, 5.74) is 6.25. The highest BCUT2D eigenvalue weighted by Crippen LogP contribution is 2.35. The predicted octanol–water partition coefficient (Wildman–Crippen LogP) is 1.20. The van der Waals surface area contributed by atoms with Crippen LogP contribution >= 0.6 is 0 Å². The van der Waals surface area contributed by atoms with Crippen LogP contribution in [-0.2, 0) is 6.42 Å². The maximum atomic E-state index is 10.8. The van der Waals surface area contributed by atoms with Crippen LogP contribution < -0.4 is 5.73 Å². The highest BCUT2D eigenvalue weighted by Gasteiger charge is 2.40. The van der Waals surface area contributed by atoms with E-state index in [1.54, 1.807) is 6.20 Å². The van der Waals surface area contributed by atoms with E-state index in [0.29, 0.717) is 18.3 Å². The van der Waals surface area contributed by atoms with Crippen molar-refractivity contribution >= 4 is 5.82 Å². The Morgan fingerprint density at radius 1 is 1.50 bits per heavy atom. The first kappa shape index (κ1) is 11.9. The molecule has 1 aromatic rings. The van der Waals surface area contributed by atoms with E-state index in [1.165, 1.54) is 19.4 Å². The molecule has 2 saturated heterocycles. The third-order valence-corrected chi connectivity index (χ3v) is 4.42. The molecular weight excluding hydrogens is 226 g/mol. The molecule has 2 fully saturated rings. The normalized spacial score (nSPS) is 32.4. The van der Waals surface area contributed by atoms with E-state index in [1.807, 2.05) is 12.1 Å². The van der Waals surface area contributed by atoms with Gasteiger partial charge in [0.15, 0.2) is 0 Å². The van der Waals surface area contributed by atoms with Crippen LogP contribution in [0.15, 0.2) is 18.3 Å². The summed E-state index contributed by atoms with van der Waals surface area (Å²) >= 11 is 0. The number of pyridine rings is 1. The van der Waals surface area contributed by atoms with Crippen LogP contribution in [0, 0.1) is 0 Å². The number of hydrogen-bond donors (Lipinski definition) is 2. The summed E-state index contributed by atoms with van der Waals surface area (Å²) in [6.07, 6.45) is 6.55. The lowest BCUT2D eigenvalue weighted by atomic mass is 9.82. The Labute approximate surface area is 108 Å². The first-order valence-electron chi connectivity index (χ1n) is 6.82. The molecule has 0 spiro atoms. The number of nitrogens with two attached hydrogens (primary N) is 1. The number of aliphatic hydroxyl groups is 1. The second-order valence-corrected chi connectivity index (χ2v) is 5.74. The average molecular weight is 247 g/mol. The predicted molar refractivity (Wildman–Crippen MR) is 71.1 cm³/mol. The Hall–Kier alpha value is -1.13. The SMILES string of the molecule is Nc1ncccc1CC1(O)CCN2CCCC2C1. The van der Waals surface area contributed by atoms with E-state index in [4.69, 9.17) is 5.73 Å². The summed E-state index contributed by atoms with van der Waals surface area (Å²) < 4.78 is 0. The lowest BCUT2D eigenvalue weighted by Crippen LogP contribution is -2.48. The van der Waals surface area contributed by atoms with Crippen LogP contribution in [0.1, 0.15) is 31.2 Å². The van der Waals surface area contributed by atoms with Crippen molar-refractivity contribution in [2.24, 2.45) is 0 Å². The second kappa shape index (κ2) is 4.52. The van der Waals surface area contributed by atoms with Gasteiger partial charge in [-0.1, -0.05) is 6.07 Å². The molecular formula is C14H21N3O. The third-order valence-electron chi connectivity index (χ3n) is 4.42. The summed E-state index contributed by atoms with van der Waals surface area (Å²) in [7, 11) is 0. The summed E-state index contributed by atoms with van der Waals surface area (Å²) in [6.45, 7) is 2.22. The van der Waals surface area contributed by atoms with Crippen molar-refractivity contribution < 1.29 is 5.11 Å². The molecule has 3 N–H and O–H groups in total. The maximum absolute atomic E-state index is 10.8. The Balaban J connectivity index is 1.74. The van der Waals surface area contributed by atoms with Gasteiger partial charge in [0.1, 0.15) is 5.82 Å². The molecule has 4 heteroatoms. The molecule has 2 unspecified atom stereocenters. The number of anilines is 1. The van der Waals surface area contributed by atoms with Gasteiger partial charge in [0, 0.05) is 25.2 Å². The van der Waals surface area contributed by atoms with E-state index < -0.39 is 5.60 Å². The summed E-state index contributed by atoms with van der Waals surface area (Å²) in [6, 6.07) is 4.43. The smallest absolute Gasteiger partial charge is 0.126 e. The first-order chi connectivity index (χ1) is 8.66. The van der Waals surface area contributed by atoms with E-state index in [-0.39, 0.29) is 0 Å². The monoisotopic (exact) mass is 247 g/mol. The van der Waals surface area contributed by atoms with E-state index in [0.717, 1.165) is 24.9 Å². The van der Waals surface area contributed by atoms with Crippen LogP contribution in [0.5, 0.6) is 0 Å². The van der Waals surface area contributed by atoms with Gasteiger partial charge >= 0.3 is 0 Å². The van der Waals surface area contributed by atoms with Crippen molar-refractivity contribution in [2.75, 3.05) is 18.8 Å². The molecule has 0 aromatic carbocycles. The van der Waals surface area contributed by atoms with E-state index in [9.17, 15) is 5.11 Å². The van der Waals surface area contributed by atoms with Crippen molar-refractivity contribution in [3.8, 4) is 0 Å². The van der Waals surface area contributed by atoms with E-state index >= 15 is 0 Å². The minimum Gasteiger partial charge on any atom is -0.389 e. The Morgan fingerprint density at radius 2 is 2.39 bits per heavy atom. The average Bonchev–Trinajstić information content (AvgIpc) is 2.79. The summed E-state index contributed by atoms with van der Waals surface area (Å²) in [4.78, 5) is 6.61. The minimum absolute atomic E-state index is 0.555. The minimum atomic E-state index is -0.595. The molecule has 3 rings (SSSR count). The molecule has 2 atom stereocenters. The van der Waals surface area contributed by atoms with Crippen LogP contribution in [0.2, 0.25) is 0 Å². The van der Waals surface area contributed by atoms with Crippen molar-refractivity contribution in [1.29, 1.82) is 0 Å². The number of fused-ring (bicyclic) bond motifs is 1. The lowest BCUT2D eigenvalue weighted by molar-refractivity contribution is -0.0353. The molecule has 0 amide bonds. The topological polar surface area (TPSA) is 62.4 Å². The summed E-state index contributed by atoms with van der Waals surface area (Å²) in [5.74, 6) is 0.555. The zero-order valence-corrected chi connectivity index (χ0v) is 10.7. The zero-order valence-electron chi connectivity index (χ0n) is 10.7. The molecule has 0 saturated carbocycles. The number of rotatable bonds is 2. The van der Waals surface area contributed by atoms with E-state index in [2.05, 4.69) is 9.88 Å². The van der Waals surface area contributed by atoms with Gasteiger partial charge in [-0.2, -0.15) is 0 Å². The fraction of sp³-hybridized carbons (Fsp3) is 0.643. The highest BCUT2D eigenvalue weighted by molar-refractivity contribution is 5.39. The fourth-order valence-corrected chi connectivity index (χ4v) is 3.43. The maximum Gasteiger partial charge on any atom is 0.126 e. The molecule has 1 aromatic heterocycles. The van der Waals surface area contributed by atoms with Crippen LogP contribution in [-0.4, -0.2) is 39.7 Å². The van der Waals surface area contributed by atoms with Gasteiger partial charge in [0.25, 0.3) is 0 Å². The molecule has 18 heavy (non-hydrogen) atoms. The summed E-state index contributed by atoms with van der Waals surface area (Å²) in [5, 5.41) is 10.8. The van der Waals surface area contributed by atoms with Crippen LogP contribution in [0.25, 0.3) is 0 Å². The molecule has 3 heterocycles. The first-order valence-corrected chi connectivity index (χ1v) is 6.82. The number of aromatic nitrogens is 1. The van der Waals surface area contributed by atoms with Crippen molar-refractivity contribution in [1.82, 2.24) is 9.88 Å². The molecule has 0 bridgehead atoms. The number of piperidine rings is 1. The van der Waals surface area contributed by atoms with Gasteiger partial charge in [0.2, 0.25) is 0 Å². The van der Waals surface area contributed by atoms with Crippen molar-refractivity contribution in [3.63, 3.8) is 0 Å². The quantitative estimate of drug-likeness (QED) is 0.824. The molecule has 98 valence electrons. The van der Waals surface area contributed by atoms with Gasteiger partial charge in [-0.05, 0) is 43.9 Å².